The fraction of sp³-hybridized carbons (Fsp3) is 0.286. The van der Waals surface area contributed by atoms with Crippen molar-refractivity contribution in [2.24, 2.45) is 5.92 Å². The van der Waals surface area contributed by atoms with Gasteiger partial charge >= 0.3 is 0 Å². The molecule has 5 aromatic rings. The Balaban J connectivity index is 1.34. The number of aromatic amines is 1. The van der Waals surface area contributed by atoms with E-state index in [1.807, 2.05) is 28.8 Å². The van der Waals surface area contributed by atoms with Gasteiger partial charge in [-0.05, 0) is 47.4 Å². The first kappa shape index (κ1) is 24.1. The quantitative estimate of drug-likeness (QED) is 0.267. The van der Waals surface area contributed by atoms with E-state index in [-0.39, 0.29) is 12.4 Å². The van der Waals surface area contributed by atoms with Gasteiger partial charge in [-0.25, -0.2) is 23.3 Å². The van der Waals surface area contributed by atoms with Crippen LogP contribution in [-0.2, 0) is 13.2 Å². The molecule has 1 saturated carbocycles. The van der Waals surface area contributed by atoms with Crippen molar-refractivity contribution in [1.82, 2.24) is 30.2 Å². The Morgan fingerprint density at radius 3 is 2.53 bits per heavy atom. The summed E-state index contributed by atoms with van der Waals surface area (Å²) in [5.74, 6) is -0.895. The zero-order valence-corrected chi connectivity index (χ0v) is 20.5. The zero-order valence-electron chi connectivity index (χ0n) is 20.5. The Labute approximate surface area is 216 Å². The van der Waals surface area contributed by atoms with E-state index in [1.54, 1.807) is 6.07 Å². The molecule has 194 valence electrons. The first-order valence-electron chi connectivity index (χ1n) is 12.7. The van der Waals surface area contributed by atoms with Crippen molar-refractivity contribution in [1.29, 1.82) is 0 Å². The fourth-order valence-corrected chi connectivity index (χ4v) is 5.20. The van der Waals surface area contributed by atoms with Crippen molar-refractivity contribution in [2.45, 2.75) is 45.3 Å². The van der Waals surface area contributed by atoms with Gasteiger partial charge in [-0.2, -0.15) is 0 Å². The fourth-order valence-electron chi connectivity index (χ4n) is 5.20. The van der Waals surface area contributed by atoms with Gasteiger partial charge in [0.05, 0.1) is 11.0 Å². The maximum atomic E-state index is 14.8. The average Bonchev–Trinajstić information content (AvgIpc) is 3.58. The number of fused-ring (bicyclic) bond motifs is 1. The molecular formula is C28H25F3N6O. The van der Waals surface area contributed by atoms with Crippen LogP contribution in [-0.4, -0.2) is 30.2 Å². The third-order valence-corrected chi connectivity index (χ3v) is 7.15. The molecule has 0 saturated heterocycles. The third-order valence-electron chi connectivity index (χ3n) is 7.15. The van der Waals surface area contributed by atoms with Gasteiger partial charge in [0.2, 0.25) is 0 Å². The van der Waals surface area contributed by atoms with Gasteiger partial charge in [0.15, 0.2) is 29.0 Å². The van der Waals surface area contributed by atoms with Gasteiger partial charge in [0.25, 0.3) is 0 Å². The molecular weight excluding hydrogens is 493 g/mol. The molecule has 0 radical (unpaired) electrons. The smallest absolute Gasteiger partial charge is 0.179 e. The molecule has 2 aromatic heterocycles. The van der Waals surface area contributed by atoms with Gasteiger partial charge in [-0.3, -0.25) is 0 Å². The van der Waals surface area contributed by atoms with Gasteiger partial charge in [0.1, 0.15) is 12.4 Å². The van der Waals surface area contributed by atoms with Crippen molar-refractivity contribution in [3.63, 3.8) is 0 Å². The molecule has 0 unspecified atom stereocenters. The molecule has 1 fully saturated rings. The highest BCUT2D eigenvalue weighted by Gasteiger charge is 2.22. The predicted molar refractivity (Wildman–Crippen MR) is 136 cm³/mol. The van der Waals surface area contributed by atoms with E-state index in [9.17, 15) is 13.2 Å². The van der Waals surface area contributed by atoms with Crippen LogP contribution < -0.4 is 4.74 Å². The SMILES string of the molecule is Fc1cc2nc(-c3ccccc3COc3ccc(-c4nnn[nH]4)cc3F)n(CC3CCCCC3)c2cc1F. The Morgan fingerprint density at radius 1 is 0.921 bits per heavy atom. The summed E-state index contributed by atoms with van der Waals surface area (Å²) in [4.78, 5) is 4.73. The monoisotopic (exact) mass is 518 g/mol. The highest BCUT2D eigenvalue weighted by molar-refractivity contribution is 5.81. The minimum atomic E-state index is -0.928. The number of nitrogens with zero attached hydrogens (tertiary/aromatic N) is 5. The number of nitrogens with one attached hydrogen (secondary N) is 1. The molecule has 2 heterocycles. The Morgan fingerprint density at radius 2 is 1.74 bits per heavy atom. The maximum Gasteiger partial charge on any atom is 0.179 e. The van der Waals surface area contributed by atoms with Crippen LogP contribution in [0.25, 0.3) is 33.8 Å². The van der Waals surface area contributed by atoms with Crippen LogP contribution in [0.15, 0.2) is 54.6 Å². The van der Waals surface area contributed by atoms with Gasteiger partial charge in [-0.1, -0.05) is 43.5 Å². The lowest BCUT2D eigenvalue weighted by Crippen LogP contribution is -2.15. The second-order valence-electron chi connectivity index (χ2n) is 9.65. The molecule has 0 spiro atoms. The lowest BCUT2D eigenvalue weighted by molar-refractivity contribution is 0.290. The number of aromatic nitrogens is 6. The minimum absolute atomic E-state index is 0.0751. The minimum Gasteiger partial charge on any atom is -0.486 e. The van der Waals surface area contributed by atoms with Crippen molar-refractivity contribution in [3.05, 3.63) is 77.6 Å². The number of hydrogen-bond donors (Lipinski definition) is 1. The van der Waals surface area contributed by atoms with E-state index < -0.39 is 17.5 Å². The van der Waals surface area contributed by atoms with E-state index in [1.165, 1.54) is 24.6 Å². The van der Waals surface area contributed by atoms with Crippen molar-refractivity contribution in [3.8, 4) is 28.5 Å². The number of H-pyrrole nitrogens is 1. The lowest BCUT2D eigenvalue weighted by atomic mass is 9.89. The van der Waals surface area contributed by atoms with E-state index in [0.717, 1.165) is 42.9 Å². The first-order valence-corrected chi connectivity index (χ1v) is 12.7. The van der Waals surface area contributed by atoms with Crippen molar-refractivity contribution in [2.75, 3.05) is 0 Å². The van der Waals surface area contributed by atoms with Crippen LogP contribution in [0.5, 0.6) is 5.75 Å². The van der Waals surface area contributed by atoms with Crippen LogP contribution in [0.3, 0.4) is 0 Å². The molecule has 0 aliphatic heterocycles. The summed E-state index contributed by atoms with van der Waals surface area (Å²) < 4.78 is 51.1. The van der Waals surface area contributed by atoms with Crippen LogP contribution >= 0.6 is 0 Å². The lowest BCUT2D eigenvalue weighted by Gasteiger charge is -2.23. The maximum absolute atomic E-state index is 14.8. The Kier molecular flexibility index (Phi) is 6.53. The summed E-state index contributed by atoms with van der Waals surface area (Å²) >= 11 is 0. The average molecular weight is 519 g/mol. The summed E-state index contributed by atoms with van der Waals surface area (Å²) in [5.41, 5.74) is 3.00. The van der Waals surface area contributed by atoms with Crippen molar-refractivity contribution >= 4 is 11.0 Å². The molecule has 10 heteroatoms. The number of ether oxygens (including phenoxy) is 1. The summed E-state index contributed by atoms with van der Waals surface area (Å²) in [6.07, 6.45) is 5.73. The summed E-state index contributed by atoms with van der Waals surface area (Å²) in [6, 6.07) is 14.4. The number of hydrogen-bond acceptors (Lipinski definition) is 5. The van der Waals surface area contributed by atoms with Gasteiger partial charge < -0.3 is 9.30 Å². The molecule has 1 aliphatic carbocycles. The van der Waals surface area contributed by atoms with Crippen LogP contribution in [0.2, 0.25) is 0 Å². The number of halogens is 3. The highest BCUT2D eigenvalue weighted by Crippen LogP contribution is 2.33. The first-order chi connectivity index (χ1) is 18.6. The summed E-state index contributed by atoms with van der Waals surface area (Å²) in [5, 5.41) is 13.4. The van der Waals surface area contributed by atoms with Crippen LogP contribution in [0, 0.1) is 23.4 Å². The Hall–Kier alpha value is -4.21. The number of rotatable bonds is 7. The second kappa shape index (κ2) is 10.3. The van der Waals surface area contributed by atoms with Gasteiger partial charge in [-0.15, -0.1) is 5.10 Å². The topological polar surface area (TPSA) is 81.5 Å². The third kappa shape index (κ3) is 4.73. The van der Waals surface area contributed by atoms with Gasteiger partial charge in [0, 0.05) is 35.4 Å². The normalized spacial score (nSPS) is 14.3. The number of tetrazole rings is 1. The predicted octanol–water partition coefficient (Wildman–Crippen LogP) is 6.46. The molecule has 0 bridgehead atoms. The molecule has 7 nitrogen and oxygen atoms in total. The van der Waals surface area contributed by atoms with E-state index in [0.29, 0.717) is 40.7 Å². The van der Waals surface area contributed by atoms with Crippen LogP contribution in [0.4, 0.5) is 13.2 Å². The van der Waals surface area contributed by atoms with Crippen molar-refractivity contribution < 1.29 is 17.9 Å². The number of imidazole rings is 1. The Bertz CT molecular complexity index is 1580. The van der Waals surface area contributed by atoms with E-state index in [4.69, 9.17) is 9.72 Å². The van der Waals surface area contributed by atoms with E-state index in [2.05, 4.69) is 20.6 Å². The molecule has 0 amide bonds. The number of benzene rings is 3. The molecule has 1 N–H and O–H groups in total. The molecule has 0 atom stereocenters. The zero-order chi connectivity index (χ0) is 26.1. The molecule has 3 aromatic carbocycles. The molecule has 6 rings (SSSR count). The molecule has 1 aliphatic rings. The highest BCUT2D eigenvalue weighted by atomic mass is 19.2. The largest absolute Gasteiger partial charge is 0.486 e. The second-order valence-corrected chi connectivity index (χ2v) is 9.65. The van der Waals surface area contributed by atoms with E-state index >= 15 is 0 Å². The van der Waals surface area contributed by atoms with Crippen LogP contribution in [0.1, 0.15) is 37.7 Å². The summed E-state index contributed by atoms with van der Waals surface area (Å²) in [7, 11) is 0. The standard InChI is InChI=1S/C28H25F3N6O/c29-21-13-24-25(14-22(21)30)37(15-17-6-2-1-3-7-17)28(32-24)20-9-5-4-8-19(20)16-38-26-11-10-18(12-23(26)31)27-33-35-36-34-27/h4-5,8-14,17H,1-3,6-7,15-16H2,(H,33,34,35,36). The summed E-state index contributed by atoms with van der Waals surface area (Å²) in [6.45, 7) is 0.740. The molecule has 38 heavy (non-hydrogen) atoms.